The second-order valence-corrected chi connectivity index (χ2v) is 7.38. The van der Waals surface area contributed by atoms with Crippen LogP contribution in [-0.4, -0.2) is 53.3 Å². The number of rotatable bonds is 1. The van der Waals surface area contributed by atoms with Gasteiger partial charge in [-0.25, -0.2) is 0 Å². The van der Waals surface area contributed by atoms with Crippen molar-refractivity contribution < 1.29 is 9.59 Å². The summed E-state index contributed by atoms with van der Waals surface area (Å²) in [4.78, 5) is 29.2. The molecule has 1 fully saturated rings. The lowest BCUT2D eigenvalue weighted by atomic mass is 9.89. The average molecular weight is 315 g/mol. The van der Waals surface area contributed by atoms with E-state index >= 15 is 0 Å². The molecule has 0 aromatic heterocycles. The summed E-state index contributed by atoms with van der Waals surface area (Å²) in [5, 5.41) is 2.86. The fourth-order valence-corrected chi connectivity index (χ4v) is 3.45. The molecule has 1 saturated heterocycles. The SMILES string of the molecule is CC(C)(C)N1CCN(C(=O)[C@H]2CC(=O)Nc3ccccc32)CC1. The number of amides is 2. The van der Waals surface area contributed by atoms with E-state index in [0.29, 0.717) is 0 Å². The molecule has 0 radical (unpaired) electrons. The van der Waals surface area contributed by atoms with Crippen molar-refractivity contribution in [2.45, 2.75) is 38.6 Å². The van der Waals surface area contributed by atoms with E-state index < -0.39 is 0 Å². The van der Waals surface area contributed by atoms with Crippen LogP contribution in [0.1, 0.15) is 38.7 Å². The normalized spacial score (nSPS) is 22.5. The monoisotopic (exact) mass is 315 g/mol. The Kier molecular flexibility index (Phi) is 4.15. The number of hydrogen-bond acceptors (Lipinski definition) is 3. The Labute approximate surface area is 137 Å². The predicted octanol–water partition coefficient (Wildman–Crippen LogP) is 2.06. The van der Waals surface area contributed by atoms with Gasteiger partial charge in [-0.1, -0.05) is 18.2 Å². The lowest BCUT2D eigenvalue weighted by molar-refractivity contribution is -0.137. The van der Waals surface area contributed by atoms with Crippen LogP contribution < -0.4 is 5.32 Å². The number of carbonyl (C=O) groups is 2. The smallest absolute Gasteiger partial charge is 0.230 e. The van der Waals surface area contributed by atoms with Gasteiger partial charge in [-0.05, 0) is 32.4 Å². The van der Waals surface area contributed by atoms with Gasteiger partial charge in [0.2, 0.25) is 11.8 Å². The molecule has 5 nitrogen and oxygen atoms in total. The van der Waals surface area contributed by atoms with E-state index in [-0.39, 0.29) is 29.7 Å². The summed E-state index contributed by atoms with van der Waals surface area (Å²) in [6.45, 7) is 9.84. The van der Waals surface area contributed by atoms with Crippen LogP contribution in [0.5, 0.6) is 0 Å². The van der Waals surface area contributed by atoms with E-state index in [0.717, 1.165) is 37.4 Å². The van der Waals surface area contributed by atoms with Crippen LogP contribution in [-0.2, 0) is 9.59 Å². The quantitative estimate of drug-likeness (QED) is 0.863. The number of nitrogens with zero attached hydrogens (tertiary/aromatic N) is 2. The Morgan fingerprint density at radius 2 is 1.78 bits per heavy atom. The highest BCUT2D eigenvalue weighted by molar-refractivity contribution is 6.01. The van der Waals surface area contributed by atoms with E-state index in [9.17, 15) is 9.59 Å². The molecule has 2 heterocycles. The molecule has 2 aliphatic heterocycles. The molecular weight excluding hydrogens is 290 g/mol. The van der Waals surface area contributed by atoms with Crippen LogP contribution in [0.3, 0.4) is 0 Å². The highest BCUT2D eigenvalue weighted by Gasteiger charge is 2.35. The van der Waals surface area contributed by atoms with E-state index in [1.807, 2.05) is 29.2 Å². The summed E-state index contributed by atoms with van der Waals surface area (Å²) in [5.74, 6) is -0.336. The van der Waals surface area contributed by atoms with Gasteiger partial charge in [0.05, 0.1) is 5.92 Å². The van der Waals surface area contributed by atoms with Gasteiger partial charge in [0, 0.05) is 43.8 Å². The first kappa shape index (κ1) is 16.0. The molecule has 0 unspecified atom stereocenters. The number of piperazine rings is 1. The fraction of sp³-hybridized carbons (Fsp3) is 0.556. The Balaban J connectivity index is 1.73. The Bertz CT molecular complexity index is 613. The van der Waals surface area contributed by atoms with E-state index in [2.05, 4.69) is 31.0 Å². The van der Waals surface area contributed by atoms with Crippen molar-refractivity contribution in [1.82, 2.24) is 9.80 Å². The predicted molar refractivity (Wildman–Crippen MR) is 90.3 cm³/mol. The van der Waals surface area contributed by atoms with Crippen LogP contribution in [0.4, 0.5) is 5.69 Å². The summed E-state index contributed by atoms with van der Waals surface area (Å²) in [6.07, 6.45) is 0.245. The molecule has 1 aromatic rings. The molecule has 1 aromatic carbocycles. The average Bonchev–Trinajstić information content (AvgIpc) is 2.52. The van der Waals surface area contributed by atoms with E-state index in [1.54, 1.807) is 0 Å². The van der Waals surface area contributed by atoms with Crippen molar-refractivity contribution >= 4 is 17.5 Å². The first-order valence-electron chi connectivity index (χ1n) is 8.29. The zero-order valence-corrected chi connectivity index (χ0v) is 14.1. The molecule has 1 N–H and O–H groups in total. The minimum absolute atomic E-state index is 0.0737. The van der Waals surface area contributed by atoms with Crippen LogP contribution >= 0.6 is 0 Å². The number of hydrogen-bond donors (Lipinski definition) is 1. The van der Waals surface area contributed by atoms with Gasteiger partial charge in [0.25, 0.3) is 0 Å². The summed E-state index contributed by atoms with van der Waals surface area (Å²) in [5.41, 5.74) is 1.85. The van der Waals surface area contributed by atoms with Crippen molar-refractivity contribution in [1.29, 1.82) is 0 Å². The van der Waals surface area contributed by atoms with Gasteiger partial charge < -0.3 is 10.2 Å². The van der Waals surface area contributed by atoms with Crippen molar-refractivity contribution in [2.24, 2.45) is 0 Å². The van der Waals surface area contributed by atoms with Crippen LogP contribution in [0.25, 0.3) is 0 Å². The fourth-order valence-electron chi connectivity index (χ4n) is 3.45. The van der Waals surface area contributed by atoms with Crippen molar-refractivity contribution in [3.8, 4) is 0 Å². The first-order valence-corrected chi connectivity index (χ1v) is 8.29. The minimum atomic E-state index is -0.346. The molecule has 0 aliphatic carbocycles. The molecule has 0 spiro atoms. The van der Waals surface area contributed by atoms with Gasteiger partial charge >= 0.3 is 0 Å². The third kappa shape index (κ3) is 3.24. The largest absolute Gasteiger partial charge is 0.340 e. The van der Waals surface area contributed by atoms with Gasteiger partial charge in [0.1, 0.15) is 0 Å². The molecule has 0 saturated carbocycles. The lowest BCUT2D eigenvalue weighted by Gasteiger charge is -2.43. The Morgan fingerprint density at radius 1 is 1.13 bits per heavy atom. The first-order chi connectivity index (χ1) is 10.9. The Hall–Kier alpha value is -1.88. The lowest BCUT2D eigenvalue weighted by Crippen LogP contribution is -2.55. The molecule has 0 bridgehead atoms. The van der Waals surface area contributed by atoms with Crippen LogP contribution in [0, 0.1) is 0 Å². The highest BCUT2D eigenvalue weighted by atomic mass is 16.2. The second kappa shape index (κ2) is 5.96. The number of carbonyl (C=O) groups excluding carboxylic acids is 2. The number of benzene rings is 1. The van der Waals surface area contributed by atoms with Crippen molar-refractivity contribution in [3.05, 3.63) is 29.8 Å². The molecule has 5 heteroatoms. The third-order valence-electron chi connectivity index (χ3n) is 4.84. The molecule has 3 rings (SSSR count). The number of anilines is 1. The van der Waals surface area contributed by atoms with Gasteiger partial charge in [-0.15, -0.1) is 0 Å². The highest BCUT2D eigenvalue weighted by Crippen LogP contribution is 2.33. The van der Waals surface area contributed by atoms with Crippen molar-refractivity contribution in [2.75, 3.05) is 31.5 Å². The Morgan fingerprint density at radius 3 is 2.43 bits per heavy atom. The molecular formula is C18H25N3O2. The number of para-hydroxylation sites is 1. The summed E-state index contributed by atoms with van der Waals surface area (Å²) in [6, 6.07) is 7.62. The van der Waals surface area contributed by atoms with Crippen LogP contribution in [0.2, 0.25) is 0 Å². The van der Waals surface area contributed by atoms with Crippen molar-refractivity contribution in [3.63, 3.8) is 0 Å². The number of nitrogens with one attached hydrogen (secondary N) is 1. The molecule has 2 amide bonds. The summed E-state index contributed by atoms with van der Waals surface area (Å²) in [7, 11) is 0. The molecule has 23 heavy (non-hydrogen) atoms. The maximum Gasteiger partial charge on any atom is 0.230 e. The molecule has 1 atom stereocenters. The van der Waals surface area contributed by atoms with Crippen LogP contribution in [0.15, 0.2) is 24.3 Å². The van der Waals surface area contributed by atoms with E-state index in [1.165, 1.54) is 0 Å². The minimum Gasteiger partial charge on any atom is -0.340 e. The zero-order valence-electron chi connectivity index (χ0n) is 14.1. The summed E-state index contributed by atoms with van der Waals surface area (Å²) >= 11 is 0. The van der Waals surface area contributed by atoms with Gasteiger partial charge in [-0.3, -0.25) is 14.5 Å². The summed E-state index contributed by atoms with van der Waals surface area (Å²) < 4.78 is 0. The van der Waals surface area contributed by atoms with Gasteiger partial charge in [0.15, 0.2) is 0 Å². The molecule has 124 valence electrons. The third-order valence-corrected chi connectivity index (χ3v) is 4.84. The maximum atomic E-state index is 12.9. The second-order valence-electron chi connectivity index (χ2n) is 7.38. The number of fused-ring (bicyclic) bond motifs is 1. The topological polar surface area (TPSA) is 52.7 Å². The van der Waals surface area contributed by atoms with Gasteiger partial charge in [-0.2, -0.15) is 0 Å². The van der Waals surface area contributed by atoms with E-state index in [4.69, 9.17) is 0 Å². The standard InChI is InChI=1S/C18H25N3O2/c1-18(2,3)21-10-8-20(9-11-21)17(23)14-12-16(22)19-15-7-5-4-6-13(14)15/h4-7,14H,8-12H2,1-3H3,(H,19,22)/t14-/m0/s1. The molecule has 2 aliphatic rings. The zero-order chi connectivity index (χ0) is 16.6. The maximum absolute atomic E-state index is 12.9.